The lowest BCUT2D eigenvalue weighted by molar-refractivity contribution is 0.578. The van der Waals surface area contributed by atoms with Gasteiger partial charge in [0.1, 0.15) is 11.5 Å². The highest BCUT2D eigenvalue weighted by atomic mass is 32.2. The molecule has 2 nitrogen and oxygen atoms in total. The van der Waals surface area contributed by atoms with E-state index in [1.807, 2.05) is 0 Å². The fourth-order valence-electron chi connectivity index (χ4n) is 1.37. The Kier molecular flexibility index (Phi) is 2.50. The zero-order chi connectivity index (χ0) is 11.1. The lowest BCUT2D eigenvalue weighted by Crippen LogP contribution is -2.23. The van der Waals surface area contributed by atoms with Crippen molar-refractivity contribution in [2.45, 2.75) is 13.3 Å². The van der Waals surface area contributed by atoms with Crippen LogP contribution < -0.4 is 0 Å². The van der Waals surface area contributed by atoms with Gasteiger partial charge in [-0.1, -0.05) is 0 Å². The zero-order valence-electron chi connectivity index (χ0n) is 8.30. The first-order chi connectivity index (χ1) is 7.00. The molecule has 5 heteroatoms. The van der Waals surface area contributed by atoms with Crippen molar-refractivity contribution in [1.82, 2.24) is 0 Å². The third kappa shape index (κ3) is 2.02. The summed E-state index contributed by atoms with van der Waals surface area (Å²) in [6.45, 7) is 1.53. The van der Waals surface area contributed by atoms with E-state index < -0.39 is 21.4 Å². The summed E-state index contributed by atoms with van der Waals surface area (Å²) in [6, 6.07) is 2.09. The highest BCUT2D eigenvalue weighted by Crippen LogP contribution is 2.26. The first kappa shape index (κ1) is 10.5. The monoisotopic (exact) mass is 231 g/mol. The molecule has 0 aliphatic carbocycles. The minimum absolute atomic E-state index is 0.0126. The topological polar surface area (TPSA) is 29.4 Å². The van der Waals surface area contributed by atoms with Crippen LogP contribution in [0.5, 0.6) is 0 Å². The number of hydrogen-bond donors (Lipinski definition) is 0. The minimum Gasteiger partial charge on any atom is -0.249 e. The van der Waals surface area contributed by atoms with Crippen LogP contribution in [-0.2, 0) is 9.73 Å². The molecule has 0 N–H and O–H groups in total. The van der Waals surface area contributed by atoms with Crippen molar-refractivity contribution in [3.8, 4) is 0 Å². The first-order valence-electron chi connectivity index (χ1n) is 4.68. The molecule has 0 saturated carbocycles. The molecule has 0 atom stereocenters. The second-order valence-corrected chi connectivity index (χ2v) is 6.22. The average Bonchev–Trinajstić information content (AvgIpc) is 2.11. The lowest BCUT2D eigenvalue weighted by atomic mass is 10.2. The Balaban J connectivity index is 2.50. The van der Waals surface area contributed by atoms with Gasteiger partial charge in [0.25, 0.3) is 0 Å². The number of rotatable bonds is 1. The first-order valence-corrected chi connectivity index (χ1v) is 6.54. The van der Waals surface area contributed by atoms with Gasteiger partial charge in [-0.2, -0.15) is 4.36 Å². The molecule has 1 fully saturated rings. The molecule has 2 rings (SSSR count). The van der Waals surface area contributed by atoms with Gasteiger partial charge >= 0.3 is 0 Å². The number of hydrogen-bond acceptors (Lipinski definition) is 2. The number of benzene rings is 1. The predicted molar refractivity (Wildman–Crippen MR) is 55.7 cm³/mol. The number of halogens is 2. The van der Waals surface area contributed by atoms with E-state index in [9.17, 15) is 13.0 Å². The molecule has 0 aromatic heterocycles. The maximum absolute atomic E-state index is 13.3. The van der Waals surface area contributed by atoms with Gasteiger partial charge < -0.3 is 0 Å². The second kappa shape index (κ2) is 3.56. The van der Waals surface area contributed by atoms with E-state index in [2.05, 4.69) is 4.36 Å². The van der Waals surface area contributed by atoms with Crippen LogP contribution in [0.3, 0.4) is 0 Å². The average molecular weight is 231 g/mol. The Hall–Kier alpha value is -0.970. The molecule has 1 saturated heterocycles. The van der Waals surface area contributed by atoms with Crippen LogP contribution in [0.25, 0.3) is 0 Å². The van der Waals surface area contributed by atoms with Crippen LogP contribution in [0.1, 0.15) is 12.0 Å². The molecule has 1 aromatic rings. The predicted octanol–water partition coefficient (Wildman–Crippen LogP) is 2.78. The van der Waals surface area contributed by atoms with Crippen LogP contribution in [0.4, 0.5) is 14.5 Å². The summed E-state index contributed by atoms with van der Waals surface area (Å²) in [5.74, 6) is -0.311. The van der Waals surface area contributed by atoms with Crippen molar-refractivity contribution in [1.29, 1.82) is 0 Å². The standard InChI is InChI=1S/C10H11F2NOS/c1-7-5-10(9(12)6-8(7)11)13-15(14)3-2-4-15/h5-6H,2-4H2,1H3. The number of nitrogens with zero attached hydrogens (tertiary/aromatic N) is 1. The van der Waals surface area contributed by atoms with Crippen molar-refractivity contribution in [3.05, 3.63) is 29.3 Å². The van der Waals surface area contributed by atoms with Crippen molar-refractivity contribution >= 4 is 15.4 Å². The van der Waals surface area contributed by atoms with E-state index in [4.69, 9.17) is 0 Å². The van der Waals surface area contributed by atoms with Gasteiger partial charge in [-0.15, -0.1) is 0 Å². The van der Waals surface area contributed by atoms with Crippen molar-refractivity contribution in [3.63, 3.8) is 0 Å². The van der Waals surface area contributed by atoms with Gasteiger partial charge in [0.15, 0.2) is 5.82 Å². The molecule has 1 heterocycles. The summed E-state index contributed by atoms with van der Waals surface area (Å²) in [5, 5.41) is 0. The van der Waals surface area contributed by atoms with Gasteiger partial charge in [-0.05, 0) is 25.0 Å². The van der Waals surface area contributed by atoms with Crippen LogP contribution in [0.2, 0.25) is 0 Å². The van der Waals surface area contributed by atoms with E-state index in [0.29, 0.717) is 17.1 Å². The molecule has 0 bridgehead atoms. The maximum atomic E-state index is 13.3. The van der Waals surface area contributed by atoms with Crippen LogP contribution in [0, 0.1) is 18.6 Å². The van der Waals surface area contributed by atoms with Gasteiger partial charge in [0.05, 0.1) is 9.73 Å². The molecule has 1 aliphatic rings. The number of aryl methyl sites for hydroxylation is 1. The summed E-state index contributed by atoms with van der Waals surface area (Å²) in [4.78, 5) is 0. The molecule has 0 unspecified atom stereocenters. The molecule has 1 aliphatic heterocycles. The smallest absolute Gasteiger partial charge is 0.152 e. The summed E-state index contributed by atoms with van der Waals surface area (Å²) < 4.78 is 41.8. The van der Waals surface area contributed by atoms with E-state index in [1.54, 1.807) is 0 Å². The van der Waals surface area contributed by atoms with Crippen LogP contribution in [0.15, 0.2) is 16.5 Å². The maximum Gasteiger partial charge on any atom is 0.152 e. The molecule has 0 amide bonds. The van der Waals surface area contributed by atoms with Crippen molar-refractivity contribution in [2.24, 2.45) is 4.36 Å². The van der Waals surface area contributed by atoms with Gasteiger partial charge in [-0.3, -0.25) is 0 Å². The Morgan fingerprint density at radius 2 is 1.93 bits per heavy atom. The zero-order valence-corrected chi connectivity index (χ0v) is 9.11. The van der Waals surface area contributed by atoms with E-state index in [0.717, 1.165) is 12.5 Å². The quantitative estimate of drug-likeness (QED) is 0.730. The van der Waals surface area contributed by atoms with Crippen LogP contribution >= 0.6 is 0 Å². The van der Waals surface area contributed by atoms with Crippen LogP contribution in [-0.4, -0.2) is 15.7 Å². The minimum atomic E-state index is -2.23. The van der Waals surface area contributed by atoms with Gasteiger partial charge in [-0.25, -0.2) is 13.0 Å². The molecular weight excluding hydrogens is 220 g/mol. The summed E-state index contributed by atoms with van der Waals surface area (Å²) >= 11 is 0. The van der Waals surface area contributed by atoms with Gasteiger partial charge in [0.2, 0.25) is 0 Å². The molecule has 0 spiro atoms. The molecule has 0 radical (unpaired) electrons. The van der Waals surface area contributed by atoms with E-state index >= 15 is 0 Å². The Bertz CT molecular complexity index is 508. The van der Waals surface area contributed by atoms with E-state index in [-0.39, 0.29) is 5.69 Å². The van der Waals surface area contributed by atoms with Crippen molar-refractivity contribution in [2.75, 3.05) is 11.5 Å². The second-order valence-electron chi connectivity index (χ2n) is 3.68. The molecule has 1 aromatic carbocycles. The largest absolute Gasteiger partial charge is 0.249 e. The fourth-order valence-corrected chi connectivity index (χ4v) is 2.84. The summed E-state index contributed by atoms with van der Waals surface area (Å²) in [6.07, 6.45) is 0.865. The Labute approximate surface area is 87.5 Å². The Morgan fingerprint density at radius 3 is 2.47 bits per heavy atom. The third-order valence-corrected chi connectivity index (χ3v) is 4.80. The molecular formula is C10H11F2NOS. The SMILES string of the molecule is Cc1cc(N=S2(=O)CCC2)c(F)cc1F. The molecule has 15 heavy (non-hydrogen) atoms. The highest BCUT2D eigenvalue weighted by Gasteiger charge is 2.20. The fraction of sp³-hybridized carbons (Fsp3) is 0.400. The summed E-state index contributed by atoms with van der Waals surface area (Å²) in [7, 11) is -2.23. The van der Waals surface area contributed by atoms with E-state index in [1.165, 1.54) is 13.0 Å². The van der Waals surface area contributed by atoms with Crippen molar-refractivity contribution < 1.29 is 13.0 Å². The lowest BCUT2D eigenvalue weighted by Gasteiger charge is -2.18. The molecule has 82 valence electrons. The van der Waals surface area contributed by atoms with Gasteiger partial charge in [0, 0.05) is 17.6 Å². The third-order valence-electron chi connectivity index (χ3n) is 2.42. The Morgan fingerprint density at radius 1 is 1.27 bits per heavy atom. The normalized spacial score (nSPS) is 18.3. The highest BCUT2D eigenvalue weighted by molar-refractivity contribution is 7.95. The summed E-state index contributed by atoms with van der Waals surface area (Å²) in [5.41, 5.74) is 0.330.